The van der Waals surface area contributed by atoms with E-state index < -0.39 is 21.7 Å². The van der Waals surface area contributed by atoms with Crippen molar-refractivity contribution in [2.45, 2.75) is 18.9 Å². The number of sulfonamides is 1. The summed E-state index contributed by atoms with van der Waals surface area (Å²) < 4.78 is 54.0. The van der Waals surface area contributed by atoms with E-state index in [1.807, 2.05) is 0 Å². The van der Waals surface area contributed by atoms with Gasteiger partial charge in [-0.3, -0.25) is 4.72 Å². The number of aryl methyl sites for hydroxylation is 2. The van der Waals surface area contributed by atoms with E-state index in [9.17, 15) is 17.2 Å². The zero-order chi connectivity index (χ0) is 19.1. The van der Waals surface area contributed by atoms with Crippen molar-refractivity contribution in [3.63, 3.8) is 0 Å². The fourth-order valence-corrected chi connectivity index (χ4v) is 4.61. The second-order valence-corrected chi connectivity index (χ2v) is 8.35. The Balaban J connectivity index is 1.95. The molecular formula is C16H14F2N4O2S2. The van der Waals surface area contributed by atoms with Crippen molar-refractivity contribution in [1.29, 1.82) is 0 Å². The molecule has 0 atom stereocenters. The number of nitrogens with zero attached hydrogens (tertiary/aromatic N) is 2. The molecular weight excluding hydrogens is 382 g/mol. The number of aromatic nitrogens is 2. The molecule has 3 N–H and O–H groups in total. The summed E-state index contributed by atoms with van der Waals surface area (Å²) in [6.07, 6.45) is 1.25. The Morgan fingerprint density at radius 1 is 1.15 bits per heavy atom. The van der Waals surface area contributed by atoms with Crippen LogP contribution in [0.5, 0.6) is 0 Å². The number of rotatable bonds is 4. The van der Waals surface area contributed by atoms with Crippen LogP contribution in [0.3, 0.4) is 0 Å². The van der Waals surface area contributed by atoms with E-state index >= 15 is 0 Å². The number of pyridine rings is 1. The van der Waals surface area contributed by atoms with Crippen molar-refractivity contribution >= 4 is 32.2 Å². The van der Waals surface area contributed by atoms with Gasteiger partial charge in [0, 0.05) is 10.4 Å². The highest BCUT2D eigenvalue weighted by atomic mass is 32.2. The minimum atomic E-state index is -3.96. The van der Waals surface area contributed by atoms with Gasteiger partial charge >= 0.3 is 0 Å². The molecule has 0 spiro atoms. The Labute approximate surface area is 152 Å². The molecule has 26 heavy (non-hydrogen) atoms. The standard InChI is InChI=1S/C16H14F2N4O2S2/c1-8-5-11(19)7-20-15(8)26(23,24)22-16-21-14(9(2)25-16)10-3-4-12(17)13(18)6-10/h3-7H,19H2,1-2H3,(H,21,22). The fourth-order valence-electron chi connectivity index (χ4n) is 2.38. The van der Waals surface area contributed by atoms with Gasteiger partial charge in [-0.05, 0) is 43.7 Å². The van der Waals surface area contributed by atoms with Crippen LogP contribution in [0.1, 0.15) is 10.4 Å². The summed E-state index contributed by atoms with van der Waals surface area (Å²) in [7, 11) is -3.96. The number of nitrogen functional groups attached to an aromatic ring is 1. The summed E-state index contributed by atoms with van der Waals surface area (Å²) in [5.41, 5.74) is 7.06. The van der Waals surface area contributed by atoms with Gasteiger partial charge < -0.3 is 5.73 Å². The predicted octanol–water partition coefficient (Wildman–Crippen LogP) is 3.48. The molecule has 6 nitrogen and oxygen atoms in total. The van der Waals surface area contributed by atoms with E-state index in [2.05, 4.69) is 14.7 Å². The number of benzene rings is 1. The first-order chi connectivity index (χ1) is 12.2. The second kappa shape index (κ2) is 6.61. The third kappa shape index (κ3) is 3.51. The minimum Gasteiger partial charge on any atom is -0.397 e. The number of hydrogen-bond acceptors (Lipinski definition) is 6. The highest BCUT2D eigenvalue weighted by Crippen LogP contribution is 2.32. The van der Waals surface area contributed by atoms with E-state index in [1.165, 1.54) is 18.3 Å². The van der Waals surface area contributed by atoms with Crippen LogP contribution in [-0.2, 0) is 10.0 Å². The van der Waals surface area contributed by atoms with Crippen LogP contribution in [0.25, 0.3) is 11.3 Å². The molecule has 0 radical (unpaired) electrons. The summed E-state index contributed by atoms with van der Waals surface area (Å²) >= 11 is 1.08. The summed E-state index contributed by atoms with van der Waals surface area (Å²) in [6, 6.07) is 4.89. The first-order valence-electron chi connectivity index (χ1n) is 7.35. The lowest BCUT2D eigenvalue weighted by Gasteiger charge is -2.07. The third-order valence-electron chi connectivity index (χ3n) is 3.52. The highest BCUT2D eigenvalue weighted by molar-refractivity contribution is 7.92. The molecule has 0 unspecified atom stereocenters. The number of halogens is 2. The van der Waals surface area contributed by atoms with Crippen LogP contribution < -0.4 is 10.5 Å². The van der Waals surface area contributed by atoms with Crippen LogP contribution in [0.15, 0.2) is 35.5 Å². The zero-order valence-electron chi connectivity index (χ0n) is 13.7. The van der Waals surface area contributed by atoms with Crippen molar-refractivity contribution in [1.82, 2.24) is 9.97 Å². The molecule has 136 valence electrons. The van der Waals surface area contributed by atoms with Crippen molar-refractivity contribution in [3.8, 4) is 11.3 Å². The topological polar surface area (TPSA) is 98.0 Å². The van der Waals surface area contributed by atoms with E-state index in [4.69, 9.17) is 5.73 Å². The normalized spacial score (nSPS) is 11.5. The van der Waals surface area contributed by atoms with Crippen molar-refractivity contribution in [3.05, 3.63) is 52.5 Å². The van der Waals surface area contributed by atoms with Gasteiger partial charge in [0.1, 0.15) is 0 Å². The SMILES string of the molecule is Cc1cc(N)cnc1S(=O)(=O)Nc1nc(-c2ccc(F)c(F)c2)c(C)s1. The van der Waals surface area contributed by atoms with Gasteiger partial charge in [0.25, 0.3) is 10.0 Å². The number of thiazole rings is 1. The molecule has 2 aromatic heterocycles. The van der Waals surface area contributed by atoms with E-state index in [-0.39, 0.29) is 10.2 Å². The summed E-state index contributed by atoms with van der Waals surface area (Å²) in [5.74, 6) is -1.97. The molecule has 2 heterocycles. The monoisotopic (exact) mass is 396 g/mol. The molecule has 0 aliphatic rings. The average molecular weight is 396 g/mol. The molecule has 3 rings (SSSR count). The molecule has 10 heteroatoms. The van der Waals surface area contributed by atoms with E-state index in [0.29, 0.717) is 27.4 Å². The summed E-state index contributed by atoms with van der Waals surface area (Å²) in [4.78, 5) is 8.71. The fraction of sp³-hybridized carbons (Fsp3) is 0.125. The molecule has 0 aliphatic carbocycles. The Kier molecular flexibility index (Phi) is 4.63. The highest BCUT2D eigenvalue weighted by Gasteiger charge is 2.22. The Morgan fingerprint density at radius 3 is 2.54 bits per heavy atom. The second-order valence-electron chi connectivity index (χ2n) is 5.55. The maximum absolute atomic E-state index is 13.4. The smallest absolute Gasteiger partial charge is 0.281 e. The average Bonchev–Trinajstić information content (AvgIpc) is 2.89. The van der Waals surface area contributed by atoms with Gasteiger partial charge in [0.05, 0.1) is 17.6 Å². The van der Waals surface area contributed by atoms with Gasteiger partial charge in [-0.1, -0.05) is 0 Å². The number of hydrogen-bond donors (Lipinski definition) is 2. The molecule has 0 bridgehead atoms. The molecule has 3 aromatic rings. The molecule has 0 saturated heterocycles. The first kappa shape index (κ1) is 18.2. The van der Waals surface area contributed by atoms with Gasteiger partial charge in [-0.25, -0.2) is 18.7 Å². The first-order valence-corrected chi connectivity index (χ1v) is 9.65. The lowest BCUT2D eigenvalue weighted by atomic mass is 10.1. The van der Waals surface area contributed by atoms with Gasteiger partial charge in [-0.2, -0.15) is 8.42 Å². The van der Waals surface area contributed by atoms with Crippen LogP contribution in [0.4, 0.5) is 19.6 Å². The van der Waals surface area contributed by atoms with Gasteiger partial charge in [0.15, 0.2) is 21.8 Å². The third-order valence-corrected chi connectivity index (χ3v) is 5.93. The van der Waals surface area contributed by atoms with E-state index in [1.54, 1.807) is 13.8 Å². The van der Waals surface area contributed by atoms with Crippen LogP contribution >= 0.6 is 11.3 Å². The Bertz CT molecular complexity index is 1100. The zero-order valence-corrected chi connectivity index (χ0v) is 15.4. The molecule has 0 aliphatic heterocycles. The summed E-state index contributed by atoms with van der Waals surface area (Å²) in [5, 5.41) is -0.0609. The largest absolute Gasteiger partial charge is 0.397 e. The van der Waals surface area contributed by atoms with Crippen LogP contribution in [0.2, 0.25) is 0 Å². The Hall–Kier alpha value is -2.59. The quantitative estimate of drug-likeness (QED) is 0.704. The van der Waals surface area contributed by atoms with Crippen LogP contribution in [0, 0.1) is 25.5 Å². The van der Waals surface area contributed by atoms with Gasteiger partial charge in [-0.15, -0.1) is 11.3 Å². The van der Waals surface area contributed by atoms with Crippen molar-refractivity contribution in [2.24, 2.45) is 0 Å². The molecule has 0 saturated carbocycles. The molecule has 0 amide bonds. The number of anilines is 2. The maximum Gasteiger partial charge on any atom is 0.281 e. The molecule has 0 fully saturated rings. The predicted molar refractivity (Wildman–Crippen MR) is 96.4 cm³/mol. The lowest BCUT2D eigenvalue weighted by Crippen LogP contribution is -2.16. The van der Waals surface area contributed by atoms with Crippen LogP contribution in [-0.4, -0.2) is 18.4 Å². The summed E-state index contributed by atoms with van der Waals surface area (Å²) in [6.45, 7) is 3.29. The number of nitrogens with two attached hydrogens (primary N) is 1. The minimum absolute atomic E-state index is 0.0975. The van der Waals surface area contributed by atoms with E-state index in [0.717, 1.165) is 23.5 Å². The van der Waals surface area contributed by atoms with Crippen molar-refractivity contribution in [2.75, 3.05) is 10.5 Å². The number of nitrogens with one attached hydrogen (secondary N) is 1. The maximum atomic E-state index is 13.4. The lowest BCUT2D eigenvalue weighted by molar-refractivity contribution is 0.509. The molecule has 1 aromatic carbocycles. The van der Waals surface area contributed by atoms with Crippen molar-refractivity contribution < 1.29 is 17.2 Å². The Morgan fingerprint density at radius 2 is 1.88 bits per heavy atom. The van der Waals surface area contributed by atoms with Gasteiger partial charge in [0.2, 0.25) is 0 Å².